The molecule has 188 valence electrons. The number of benzene rings is 1. The zero-order chi connectivity index (χ0) is 24.6. The Balaban J connectivity index is 1.36. The fourth-order valence-electron chi connectivity index (χ4n) is 4.46. The van der Waals surface area contributed by atoms with Gasteiger partial charge in [-0.3, -0.25) is 0 Å². The maximum absolute atomic E-state index is 14.4. The molecule has 0 radical (unpaired) electrons. The molecule has 1 aromatic heterocycles. The standard InChI is InChI=1S/C24H28ClFN4O5/c1-3-33-20-21(29-18-16(25)5-4-6-17(18)26)27-13-28-22(20)34-19-14-9-30(10-15(19)12-32-11-14)23(31)35-24(2)7-8-24/h4-6,13-15,19H,3,7-12H2,1-2H3,(H,27,28,29). The molecule has 2 unspecified atom stereocenters. The average molecular weight is 507 g/mol. The predicted molar refractivity (Wildman–Crippen MR) is 126 cm³/mol. The summed E-state index contributed by atoms with van der Waals surface area (Å²) in [6, 6.07) is 4.40. The van der Waals surface area contributed by atoms with Crippen molar-refractivity contribution in [2.75, 3.05) is 38.2 Å². The summed E-state index contributed by atoms with van der Waals surface area (Å²) in [7, 11) is 0. The molecular formula is C24H28ClFN4O5. The zero-order valence-corrected chi connectivity index (χ0v) is 20.4. The number of carbonyl (C=O) groups excluding carboxylic acids is 1. The first kappa shape index (κ1) is 23.9. The molecule has 2 bridgehead atoms. The largest absolute Gasteiger partial charge is 0.486 e. The summed E-state index contributed by atoms with van der Waals surface area (Å²) in [5.41, 5.74) is -0.241. The van der Waals surface area contributed by atoms with Crippen LogP contribution in [0.1, 0.15) is 26.7 Å². The van der Waals surface area contributed by atoms with Gasteiger partial charge < -0.3 is 29.2 Å². The second kappa shape index (κ2) is 9.66. The zero-order valence-electron chi connectivity index (χ0n) is 19.6. The molecule has 3 heterocycles. The van der Waals surface area contributed by atoms with Gasteiger partial charge in [-0.15, -0.1) is 0 Å². The molecule has 1 saturated carbocycles. The van der Waals surface area contributed by atoms with Gasteiger partial charge in [0.15, 0.2) is 5.82 Å². The van der Waals surface area contributed by atoms with Crippen LogP contribution >= 0.6 is 11.6 Å². The van der Waals surface area contributed by atoms with Gasteiger partial charge in [-0.1, -0.05) is 17.7 Å². The fraction of sp³-hybridized carbons (Fsp3) is 0.542. The lowest BCUT2D eigenvalue weighted by Gasteiger charge is -2.46. The third-order valence-corrected chi connectivity index (χ3v) is 6.88. The topological polar surface area (TPSA) is 95.0 Å². The summed E-state index contributed by atoms with van der Waals surface area (Å²) in [5.74, 6) is 0.0841. The van der Waals surface area contributed by atoms with Crippen LogP contribution < -0.4 is 14.8 Å². The molecule has 1 amide bonds. The minimum absolute atomic E-state index is 0.0658. The summed E-state index contributed by atoms with van der Waals surface area (Å²) in [6.45, 7) is 5.92. The van der Waals surface area contributed by atoms with Crippen LogP contribution in [0, 0.1) is 17.7 Å². The molecule has 1 N–H and O–H groups in total. The Bertz CT molecular complexity index is 1070. The molecule has 3 fully saturated rings. The normalized spacial score (nSPS) is 24.5. The molecule has 1 aromatic carbocycles. The highest BCUT2D eigenvalue weighted by Crippen LogP contribution is 2.41. The molecule has 2 aromatic rings. The maximum Gasteiger partial charge on any atom is 0.410 e. The molecular weight excluding hydrogens is 479 g/mol. The van der Waals surface area contributed by atoms with Crippen molar-refractivity contribution in [3.63, 3.8) is 0 Å². The number of carbonyl (C=O) groups is 1. The minimum Gasteiger partial charge on any atom is -0.486 e. The quantitative estimate of drug-likeness (QED) is 0.589. The monoisotopic (exact) mass is 506 g/mol. The Hall–Kier alpha value is -2.85. The van der Waals surface area contributed by atoms with E-state index in [2.05, 4.69) is 15.3 Å². The number of rotatable bonds is 7. The van der Waals surface area contributed by atoms with Crippen molar-refractivity contribution < 1.29 is 28.1 Å². The Morgan fingerprint density at radius 2 is 2.03 bits per heavy atom. The van der Waals surface area contributed by atoms with Crippen LogP contribution in [-0.2, 0) is 9.47 Å². The van der Waals surface area contributed by atoms with Gasteiger partial charge in [-0.25, -0.2) is 14.2 Å². The van der Waals surface area contributed by atoms with Crippen LogP contribution in [0.3, 0.4) is 0 Å². The Kier molecular flexibility index (Phi) is 6.59. The number of hydrogen-bond acceptors (Lipinski definition) is 8. The number of hydrogen-bond donors (Lipinski definition) is 1. The number of nitrogens with zero attached hydrogens (tertiary/aromatic N) is 3. The smallest absolute Gasteiger partial charge is 0.410 e. The molecule has 0 spiro atoms. The van der Waals surface area contributed by atoms with Crippen molar-refractivity contribution in [2.24, 2.45) is 11.8 Å². The predicted octanol–water partition coefficient (Wildman–Crippen LogP) is 4.43. The first-order valence-electron chi connectivity index (χ1n) is 11.8. The van der Waals surface area contributed by atoms with E-state index in [9.17, 15) is 9.18 Å². The van der Waals surface area contributed by atoms with Gasteiger partial charge in [0.1, 0.15) is 23.8 Å². The van der Waals surface area contributed by atoms with Gasteiger partial charge in [0.2, 0.25) is 5.75 Å². The Labute approximate surface area is 207 Å². The van der Waals surface area contributed by atoms with Crippen molar-refractivity contribution in [2.45, 2.75) is 38.4 Å². The minimum atomic E-state index is -0.521. The van der Waals surface area contributed by atoms with Crippen molar-refractivity contribution in [3.05, 3.63) is 35.4 Å². The summed E-state index contributed by atoms with van der Waals surface area (Å²) in [6.07, 6.45) is 2.59. The highest BCUT2D eigenvalue weighted by atomic mass is 35.5. The number of aromatic nitrogens is 2. The molecule has 2 aliphatic heterocycles. The number of anilines is 2. The van der Waals surface area contributed by atoms with E-state index in [1.165, 1.54) is 18.5 Å². The first-order valence-corrected chi connectivity index (χ1v) is 12.2. The molecule has 2 saturated heterocycles. The van der Waals surface area contributed by atoms with Crippen LogP contribution in [-0.4, -0.2) is 65.6 Å². The fourth-order valence-corrected chi connectivity index (χ4v) is 4.67. The summed E-state index contributed by atoms with van der Waals surface area (Å²) >= 11 is 6.18. The van der Waals surface area contributed by atoms with E-state index in [-0.39, 0.29) is 57.8 Å². The second-order valence-electron chi connectivity index (χ2n) is 9.37. The molecule has 9 nitrogen and oxygen atoms in total. The van der Waals surface area contributed by atoms with Crippen LogP contribution in [0.25, 0.3) is 0 Å². The molecule has 1 aliphatic carbocycles. The van der Waals surface area contributed by atoms with E-state index < -0.39 is 5.82 Å². The highest BCUT2D eigenvalue weighted by Gasteiger charge is 2.47. The third kappa shape index (κ3) is 5.08. The number of likely N-dealkylation sites (tertiary alicyclic amines) is 1. The van der Waals surface area contributed by atoms with E-state index in [0.29, 0.717) is 32.9 Å². The number of amides is 1. The van der Waals surface area contributed by atoms with Crippen LogP contribution in [0.4, 0.5) is 20.7 Å². The molecule has 5 rings (SSSR count). The van der Waals surface area contributed by atoms with E-state index >= 15 is 0 Å². The van der Waals surface area contributed by atoms with Crippen LogP contribution in [0.2, 0.25) is 5.02 Å². The summed E-state index contributed by atoms with van der Waals surface area (Å²) < 4.78 is 38.0. The Morgan fingerprint density at radius 1 is 1.29 bits per heavy atom. The molecule has 11 heteroatoms. The SMILES string of the molecule is CCOc1c(Nc2c(F)cccc2Cl)ncnc1OC1C2COCC1CN(C(=O)OC1(C)CC1)C2. The van der Waals surface area contributed by atoms with Crippen molar-refractivity contribution in [3.8, 4) is 11.6 Å². The molecule has 3 aliphatic rings. The Morgan fingerprint density at radius 3 is 2.69 bits per heavy atom. The lowest BCUT2D eigenvalue weighted by Crippen LogP contribution is -2.59. The number of ether oxygens (including phenoxy) is 4. The van der Waals surface area contributed by atoms with Crippen molar-refractivity contribution >= 4 is 29.2 Å². The third-order valence-electron chi connectivity index (χ3n) is 6.56. The second-order valence-corrected chi connectivity index (χ2v) is 9.78. The number of halogens is 2. The maximum atomic E-state index is 14.4. The van der Waals surface area contributed by atoms with E-state index in [1.54, 1.807) is 11.0 Å². The molecule has 35 heavy (non-hydrogen) atoms. The van der Waals surface area contributed by atoms with Crippen molar-refractivity contribution in [1.29, 1.82) is 0 Å². The van der Waals surface area contributed by atoms with Gasteiger partial charge in [-0.2, -0.15) is 4.98 Å². The summed E-state index contributed by atoms with van der Waals surface area (Å²) in [5, 5.41) is 3.12. The number of nitrogens with one attached hydrogen (secondary N) is 1. The van der Waals surface area contributed by atoms with Crippen molar-refractivity contribution in [1.82, 2.24) is 14.9 Å². The van der Waals surface area contributed by atoms with Gasteiger partial charge in [0, 0.05) is 24.9 Å². The van der Waals surface area contributed by atoms with E-state index in [0.717, 1.165) is 12.8 Å². The van der Waals surface area contributed by atoms with Crippen LogP contribution in [0.5, 0.6) is 11.6 Å². The number of para-hydroxylation sites is 1. The van der Waals surface area contributed by atoms with Crippen LogP contribution in [0.15, 0.2) is 24.5 Å². The number of fused-ring (bicyclic) bond motifs is 2. The lowest BCUT2D eigenvalue weighted by molar-refractivity contribution is -0.112. The highest BCUT2D eigenvalue weighted by molar-refractivity contribution is 6.33. The van der Waals surface area contributed by atoms with Gasteiger partial charge in [0.25, 0.3) is 5.88 Å². The lowest BCUT2D eigenvalue weighted by atomic mass is 9.84. The van der Waals surface area contributed by atoms with E-state index in [1.807, 2.05) is 13.8 Å². The summed E-state index contributed by atoms with van der Waals surface area (Å²) in [4.78, 5) is 23.0. The van der Waals surface area contributed by atoms with Gasteiger partial charge in [-0.05, 0) is 38.8 Å². The van der Waals surface area contributed by atoms with E-state index in [4.69, 9.17) is 30.5 Å². The van der Waals surface area contributed by atoms with Gasteiger partial charge >= 0.3 is 6.09 Å². The molecule has 2 atom stereocenters. The number of piperidine rings is 1. The first-order chi connectivity index (χ1) is 16.9. The van der Waals surface area contributed by atoms with Gasteiger partial charge in [0.05, 0.1) is 30.5 Å². The average Bonchev–Trinajstić information content (AvgIpc) is 3.54.